The number of nitrogens with zero attached hydrogens (tertiary/aromatic N) is 3. The van der Waals surface area contributed by atoms with Crippen LogP contribution in [0, 0.1) is 11.3 Å². The number of benzene rings is 3. The van der Waals surface area contributed by atoms with Crippen molar-refractivity contribution in [2.75, 3.05) is 52.3 Å². The molecule has 6 heteroatoms. The molecule has 1 heterocycles. The second-order valence-electron chi connectivity index (χ2n) is 15.5. The van der Waals surface area contributed by atoms with Crippen molar-refractivity contribution in [2.24, 2.45) is 11.3 Å². The first-order valence-corrected chi connectivity index (χ1v) is 19.9. The minimum absolute atomic E-state index is 0.0606. The van der Waals surface area contributed by atoms with E-state index >= 15 is 4.79 Å². The Morgan fingerprint density at radius 2 is 1.63 bits per heavy atom. The van der Waals surface area contributed by atoms with Gasteiger partial charge >= 0.3 is 0 Å². The summed E-state index contributed by atoms with van der Waals surface area (Å²) in [6.45, 7) is 12.5. The van der Waals surface area contributed by atoms with E-state index in [9.17, 15) is 4.79 Å². The maximum absolute atomic E-state index is 15.0. The monoisotopic (exact) mass is 705 g/mol. The Hall–Kier alpha value is -3.90. The topological polar surface area (TPSA) is 53.1 Å². The second-order valence-corrected chi connectivity index (χ2v) is 15.5. The van der Waals surface area contributed by atoms with Gasteiger partial charge in [-0.1, -0.05) is 94.6 Å². The van der Waals surface area contributed by atoms with E-state index in [4.69, 9.17) is 4.74 Å². The smallest absolute Gasteiger partial charge is 0.231 e. The number of unbranched alkanes of at least 4 members (excludes halogenated alkanes) is 2. The Kier molecular flexibility index (Phi) is 13.8. The number of allylic oxidation sites excluding steroid dienone is 1. The molecule has 1 aliphatic heterocycles. The van der Waals surface area contributed by atoms with Crippen molar-refractivity contribution in [1.82, 2.24) is 9.80 Å². The third-order valence-corrected chi connectivity index (χ3v) is 11.4. The minimum Gasteiger partial charge on any atom is -0.497 e. The van der Waals surface area contributed by atoms with Gasteiger partial charge in [0.15, 0.2) is 5.78 Å². The standard InChI is InChI=1S/C46H63N3O3/c1-8-17-36(18-9-2)41-28-38-21-23-39(52-7)30-42(38)43-31-46(43,33-48(6)44-29-37(34(4)50)22-24-40(41)44)45(51)49(25-10-3)27-16-12-15-26-47(5)32-35-19-13-11-14-20-35/h11,13-14,19-24,28-30,36,43H,8-10,12,15-18,25-27,31-33H2,1-7H3/b41-28+. The highest BCUT2D eigenvalue weighted by atomic mass is 16.5. The van der Waals surface area contributed by atoms with Gasteiger partial charge in [0.2, 0.25) is 5.91 Å². The Morgan fingerprint density at radius 1 is 0.904 bits per heavy atom. The molecule has 2 unspecified atom stereocenters. The highest BCUT2D eigenvalue weighted by molar-refractivity contribution is 5.98. The van der Waals surface area contributed by atoms with Crippen LogP contribution in [-0.2, 0) is 11.3 Å². The zero-order valence-electron chi connectivity index (χ0n) is 33.0. The molecular formula is C46H63N3O3. The molecule has 0 saturated heterocycles. The molecule has 1 aliphatic carbocycles. The van der Waals surface area contributed by atoms with Crippen LogP contribution in [-0.4, -0.2) is 68.9 Å². The molecule has 5 rings (SSSR count). The number of hydrogen-bond acceptors (Lipinski definition) is 5. The summed E-state index contributed by atoms with van der Waals surface area (Å²) in [5, 5.41) is 0. The number of hydrogen-bond donors (Lipinski definition) is 0. The van der Waals surface area contributed by atoms with Crippen LogP contribution in [0.4, 0.5) is 5.69 Å². The predicted octanol–water partition coefficient (Wildman–Crippen LogP) is 10.1. The lowest BCUT2D eigenvalue weighted by atomic mass is 9.81. The molecule has 0 aromatic heterocycles. The van der Waals surface area contributed by atoms with Crippen molar-refractivity contribution in [3.8, 4) is 5.75 Å². The third kappa shape index (κ3) is 9.17. The molecule has 52 heavy (non-hydrogen) atoms. The molecular weight excluding hydrogens is 643 g/mol. The SMILES string of the molecule is CCCC(CCC)/C1=C\c2ccc(OC)cc2C2CC2(C(=O)N(CCC)CCCCCN(C)Cc2ccccc2)CN(C)c2cc(C(C)=O)ccc21. The summed E-state index contributed by atoms with van der Waals surface area (Å²) >= 11 is 0. The van der Waals surface area contributed by atoms with E-state index in [-0.39, 0.29) is 17.6 Å². The van der Waals surface area contributed by atoms with Crippen molar-refractivity contribution in [3.63, 3.8) is 0 Å². The van der Waals surface area contributed by atoms with Crippen LogP contribution in [0.2, 0.25) is 0 Å². The molecule has 0 radical (unpaired) electrons. The van der Waals surface area contributed by atoms with Crippen LogP contribution in [0.5, 0.6) is 5.75 Å². The third-order valence-electron chi connectivity index (χ3n) is 11.4. The fraction of sp³-hybridized carbons (Fsp3) is 0.522. The van der Waals surface area contributed by atoms with Gasteiger partial charge in [-0.15, -0.1) is 0 Å². The maximum Gasteiger partial charge on any atom is 0.231 e. The van der Waals surface area contributed by atoms with Gasteiger partial charge in [0.1, 0.15) is 5.75 Å². The average Bonchev–Trinajstić information content (AvgIpc) is 3.87. The van der Waals surface area contributed by atoms with Gasteiger partial charge in [-0.2, -0.15) is 0 Å². The highest BCUT2D eigenvalue weighted by Crippen LogP contribution is 2.62. The van der Waals surface area contributed by atoms with Crippen LogP contribution < -0.4 is 9.64 Å². The molecule has 1 fully saturated rings. The Bertz CT molecular complexity index is 1680. The Labute approximate surface area is 314 Å². The number of anilines is 1. The van der Waals surface area contributed by atoms with Crippen LogP contribution in [0.15, 0.2) is 66.7 Å². The lowest BCUT2D eigenvalue weighted by Gasteiger charge is -2.34. The number of ether oxygens (including phenoxy) is 1. The van der Waals surface area contributed by atoms with Crippen molar-refractivity contribution in [2.45, 2.75) is 97.9 Å². The first-order chi connectivity index (χ1) is 25.1. The van der Waals surface area contributed by atoms with Gasteiger partial charge in [0.25, 0.3) is 0 Å². The molecule has 1 saturated carbocycles. The molecule has 6 nitrogen and oxygen atoms in total. The van der Waals surface area contributed by atoms with Gasteiger partial charge in [0.05, 0.1) is 12.5 Å². The summed E-state index contributed by atoms with van der Waals surface area (Å²) in [7, 11) is 6.05. The molecule has 2 atom stereocenters. The van der Waals surface area contributed by atoms with Gasteiger partial charge in [-0.05, 0) is 105 Å². The maximum atomic E-state index is 15.0. The van der Waals surface area contributed by atoms with Crippen LogP contribution >= 0.6 is 0 Å². The number of amides is 1. The summed E-state index contributed by atoms with van der Waals surface area (Å²) in [6, 6.07) is 23.3. The van der Waals surface area contributed by atoms with Crippen molar-refractivity contribution >= 4 is 29.0 Å². The number of Topliss-reactive ketones (excluding diaryl/α,β-unsaturated/α-hetero) is 1. The largest absolute Gasteiger partial charge is 0.497 e. The molecule has 1 amide bonds. The number of methoxy groups -OCH3 is 1. The van der Waals surface area contributed by atoms with E-state index in [1.165, 1.54) is 27.8 Å². The molecule has 3 aromatic rings. The average molecular weight is 706 g/mol. The first-order valence-electron chi connectivity index (χ1n) is 19.9. The van der Waals surface area contributed by atoms with Crippen molar-refractivity contribution < 1.29 is 14.3 Å². The summed E-state index contributed by atoms with van der Waals surface area (Å²) < 4.78 is 5.78. The van der Waals surface area contributed by atoms with Crippen molar-refractivity contribution in [3.05, 3.63) is 94.5 Å². The molecule has 2 aliphatic rings. The first kappa shape index (κ1) is 39.3. The number of rotatable bonds is 18. The van der Waals surface area contributed by atoms with Crippen LogP contribution in [0.1, 0.15) is 124 Å². The Morgan fingerprint density at radius 3 is 2.31 bits per heavy atom. The zero-order chi connectivity index (χ0) is 37.3. The second kappa shape index (κ2) is 18.2. The lowest BCUT2D eigenvalue weighted by molar-refractivity contribution is -0.137. The summed E-state index contributed by atoms with van der Waals surface area (Å²) in [4.78, 5) is 34.6. The molecule has 0 spiro atoms. The minimum atomic E-state index is -0.554. The van der Waals surface area contributed by atoms with Crippen LogP contribution in [0.25, 0.3) is 11.6 Å². The van der Waals surface area contributed by atoms with Gasteiger partial charge in [0, 0.05) is 56.0 Å². The van der Waals surface area contributed by atoms with Gasteiger partial charge in [-0.25, -0.2) is 0 Å². The van der Waals surface area contributed by atoms with Crippen LogP contribution in [0.3, 0.4) is 0 Å². The van der Waals surface area contributed by atoms with E-state index in [2.05, 4.69) is 116 Å². The van der Waals surface area contributed by atoms with E-state index in [1.54, 1.807) is 14.0 Å². The van der Waals surface area contributed by atoms with E-state index in [0.717, 1.165) is 95.4 Å². The summed E-state index contributed by atoms with van der Waals surface area (Å²) in [5.74, 6) is 1.64. The Balaban J connectivity index is 1.46. The van der Waals surface area contributed by atoms with Crippen molar-refractivity contribution in [1.29, 1.82) is 0 Å². The highest BCUT2D eigenvalue weighted by Gasteiger charge is 2.62. The quantitative estimate of drug-likeness (QED) is 0.0974. The molecule has 0 N–H and O–H groups in total. The number of carbonyl (C=O) groups excluding carboxylic acids is 2. The van der Waals surface area contributed by atoms with E-state index in [1.807, 2.05) is 6.07 Å². The normalized spacial score (nSPS) is 19.0. The summed E-state index contributed by atoms with van der Waals surface area (Å²) in [6.07, 6.45) is 11.8. The number of carbonyl (C=O) groups is 2. The fourth-order valence-electron chi connectivity index (χ4n) is 8.59. The number of fused-ring (bicyclic) bond motifs is 4. The lowest BCUT2D eigenvalue weighted by Crippen LogP contribution is -2.44. The molecule has 280 valence electrons. The number of ketones is 1. The van der Waals surface area contributed by atoms with Gasteiger partial charge in [-0.3, -0.25) is 9.59 Å². The van der Waals surface area contributed by atoms with E-state index in [0.29, 0.717) is 18.0 Å². The van der Waals surface area contributed by atoms with E-state index < -0.39 is 5.41 Å². The predicted molar refractivity (Wildman–Crippen MR) is 217 cm³/mol. The fourth-order valence-corrected chi connectivity index (χ4v) is 8.59. The molecule has 3 aromatic carbocycles. The zero-order valence-corrected chi connectivity index (χ0v) is 33.0. The van der Waals surface area contributed by atoms with Gasteiger partial charge < -0.3 is 19.4 Å². The summed E-state index contributed by atoms with van der Waals surface area (Å²) in [5.41, 5.74) is 7.44. The molecule has 0 bridgehead atoms.